The number of esters is 1. The van der Waals surface area contributed by atoms with Crippen molar-refractivity contribution in [1.29, 1.82) is 0 Å². The molecule has 1 atom stereocenters. The van der Waals surface area contributed by atoms with Gasteiger partial charge in [-0.3, -0.25) is 4.79 Å². The summed E-state index contributed by atoms with van der Waals surface area (Å²) in [6, 6.07) is -0.495. The Kier molecular flexibility index (Phi) is 5.37. The van der Waals surface area contributed by atoms with Gasteiger partial charge in [-0.2, -0.15) is 0 Å². The molecule has 70 valence electrons. The van der Waals surface area contributed by atoms with Crippen LogP contribution in [0.5, 0.6) is 0 Å². The summed E-state index contributed by atoms with van der Waals surface area (Å²) < 4.78 is 4.77. The first-order chi connectivity index (χ1) is 5.57. The van der Waals surface area contributed by atoms with Crippen LogP contribution in [0.1, 0.15) is 20.3 Å². The maximum Gasteiger partial charge on any atom is 0.323 e. The van der Waals surface area contributed by atoms with Crippen molar-refractivity contribution in [3.63, 3.8) is 0 Å². The number of hydrogen-bond acceptors (Lipinski definition) is 3. The molecule has 0 heterocycles. The van der Waals surface area contributed by atoms with Crippen LogP contribution < -0.4 is 5.73 Å². The minimum Gasteiger partial charge on any atom is -0.460 e. The van der Waals surface area contributed by atoms with Crippen molar-refractivity contribution in [2.75, 3.05) is 6.61 Å². The van der Waals surface area contributed by atoms with E-state index in [-0.39, 0.29) is 12.6 Å². The number of carbonyl (C=O) groups is 1. The van der Waals surface area contributed by atoms with E-state index in [0.29, 0.717) is 12.3 Å². The molecule has 3 nitrogen and oxygen atoms in total. The van der Waals surface area contributed by atoms with E-state index < -0.39 is 6.04 Å². The van der Waals surface area contributed by atoms with Crippen LogP contribution in [0.3, 0.4) is 0 Å². The molecule has 0 aliphatic carbocycles. The van der Waals surface area contributed by atoms with Crippen LogP contribution in [0.2, 0.25) is 0 Å². The fourth-order valence-electron chi connectivity index (χ4n) is 0.852. The van der Waals surface area contributed by atoms with E-state index in [9.17, 15) is 4.79 Å². The van der Waals surface area contributed by atoms with E-state index in [2.05, 4.69) is 6.58 Å². The third-order valence-corrected chi connectivity index (χ3v) is 1.37. The van der Waals surface area contributed by atoms with E-state index in [1.54, 1.807) is 0 Å². The van der Waals surface area contributed by atoms with Crippen molar-refractivity contribution >= 4 is 5.97 Å². The normalized spacial score (nSPS) is 12.7. The van der Waals surface area contributed by atoms with Gasteiger partial charge in [-0.25, -0.2) is 0 Å². The van der Waals surface area contributed by atoms with Gasteiger partial charge in [-0.05, 0) is 12.3 Å². The van der Waals surface area contributed by atoms with Gasteiger partial charge in [0.1, 0.15) is 12.6 Å². The first-order valence-electron chi connectivity index (χ1n) is 4.11. The van der Waals surface area contributed by atoms with Gasteiger partial charge < -0.3 is 10.5 Å². The number of hydrogen-bond donors (Lipinski definition) is 1. The summed E-state index contributed by atoms with van der Waals surface area (Å²) in [5.74, 6) is 0.0693. The smallest absolute Gasteiger partial charge is 0.323 e. The molecule has 0 aromatic heterocycles. The lowest BCUT2D eigenvalue weighted by molar-refractivity contribution is -0.144. The largest absolute Gasteiger partial charge is 0.460 e. The number of ether oxygens (including phenoxy) is 1. The topological polar surface area (TPSA) is 52.3 Å². The van der Waals surface area contributed by atoms with Gasteiger partial charge in [0.15, 0.2) is 0 Å². The summed E-state index contributed by atoms with van der Waals surface area (Å²) in [7, 11) is 0. The molecule has 0 radical (unpaired) electrons. The average Bonchev–Trinajstić information content (AvgIpc) is 1.98. The van der Waals surface area contributed by atoms with E-state index in [1.165, 1.54) is 6.08 Å². The first-order valence-corrected chi connectivity index (χ1v) is 4.11. The van der Waals surface area contributed by atoms with Crippen LogP contribution in [0.4, 0.5) is 0 Å². The highest BCUT2D eigenvalue weighted by Gasteiger charge is 2.15. The maximum atomic E-state index is 11.0. The van der Waals surface area contributed by atoms with Crippen LogP contribution in [0.15, 0.2) is 12.7 Å². The minimum atomic E-state index is -0.495. The van der Waals surface area contributed by atoms with Gasteiger partial charge in [0.05, 0.1) is 0 Å². The standard InChI is InChI=1S/C9H17NO2/c1-4-5-12-9(11)8(10)6-7(2)3/h4,7-8H,1,5-6,10H2,2-3H3/t8-/m1/s1. The third-order valence-electron chi connectivity index (χ3n) is 1.37. The molecule has 2 N–H and O–H groups in total. The van der Waals surface area contributed by atoms with Crippen LogP contribution in [-0.2, 0) is 9.53 Å². The van der Waals surface area contributed by atoms with Crippen LogP contribution in [-0.4, -0.2) is 18.6 Å². The quantitative estimate of drug-likeness (QED) is 0.497. The highest BCUT2D eigenvalue weighted by Crippen LogP contribution is 2.03. The Bertz CT molecular complexity index is 155. The van der Waals surface area contributed by atoms with Gasteiger partial charge in [0.25, 0.3) is 0 Å². The van der Waals surface area contributed by atoms with Gasteiger partial charge in [0, 0.05) is 0 Å². The van der Waals surface area contributed by atoms with Crippen molar-refractivity contribution in [1.82, 2.24) is 0 Å². The zero-order valence-electron chi connectivity index (χ0n) is 7.75. The van der Waals surface area contributed by atoms with Crippen molar-refractivity contribution in [2.24, 2.45) is 11.7 Å². The molecule has 0 aromatic carbocycles. The molecule has 3 heteroatoms. The van der Waals surface area contributed by atoms with Gasteiger partial charge >= 0.3 is 5.97 Å². The fourth-order valence-corrected chi connectivity index (χ4v) is 0.852. The Morgan fingerprint density at radius 1 is 1.67 bits per heavy atom. The van der Waals surface area contributed by atoms with E-state index in [1.807, 2.05) is 13.8 Å². The summed E-state index contributed by atoms with van der Waals surface area (Å²) in [6.07, 6.45) is 2.19. The van der Waals surface area contributed by atoms with Crippen molar-refractivity contribution in [3.8, 4) is 0 Å². The summed E-state index contributed by atoms with van der Waals surface area (Å²) in [5, 5.41) is 0. The first kappa shape index (κ1) is 11.2. The molecule has 0 unspecified atom stereocenters. The zero-order valence-corrected chi connectivity index (χ0v) is 7.75. The second kappa shape index (κ2) is 5.77. The molecule has 0 amide bonds. The zero-order chi connectivity index (χ0) is 9.56. The molecular weight excluding hydrogens is 154 g/mol. The highest BCUT2D eigenvalue weighted by molar-refractivity contribution is 5.75. The summed E-state index contributed by atoms with van der Waals surface area (Å²) >= 11 is 0. The predicted octanol–water partition coefficient (Wildman–Crippen LogP) is 1.09. The summed E-state index contributed by atoms with van der Waals surface area (Å²) in [4.78, 5) is 11.0. The minimum absolute atomic E-state index is 0.241. The van der Waals surface area contributed by atoms with Crippen molar-refractivity contribution in [2.45, 2.75) is 26.3 Å². The van der Waals surface area contributed by atoms with Gasteiger partial charge in [-0.1, -0.05) is 26.5 Å². The molecule has 0 saturated heterocycles. The monoisotopic (exact) mass is 171 g/mol. The fraction of sp³-hybridized carbons (Fsp3) is 0.667. The number of rotatable bonds is 5. The van der Waals surface area contributed by atoms with Crippen LogP contribution in [0, 0.1) is 5.92 Å². The molecule has 0 spiro atoms. The SMILES string of the molecule is C=CCOC(=O)[C@H](N)CC(C)C. The Balaban J connectivity index is 3.68. The molecule has 0 rings (SSSR count). The summed E-state index contributed by atoms with van der Waals surface area (Å²) in [6.45, 7) is 7.70. The van der Waals surface area contributed by atoms with Crippen LogP contribution in [0.25, 0.3) is 0 Å². The lowest BCUT2D eigenvalue weighted by Crippen LogP contribution is -2.33. The van der Waals surface area contributed by atoms with Gasteiger partial charge in [0.2, 0.25) is 0 Å². The molecule has 0 fully saturated rings. The lowest BCUT2D eigenvalue weighted by atomic mass is 10.1. The average molecular weight is 171 g/mol. The lowest BCUT2D eigenvalue weighted by Gasteiger charge is -2.11. The Morgan fingerprint density at radius 2 is 2.25 bits per heavy atom. The number of nitrogens with two attached hydrogens (primary N) is 1. The van der Waals surface area contributed by atoms with Crippen molar-refractivity contribution < 1.29 is 9.53 Å². The summed E-state index contributed by atoms with van der Waals surface area (Å²) in [5.41, 5.74) is 5.55. The van der Waals surface area contributed by atoms with E-state index in [0.717, 1.165) is 0 Å². The molecule has 12 heavy (non-hydrogen) atoms. The van der Waals surface area contributed by atoms with E-state index in [4.69, 9.17) is 10.5 Å². The van der Waals surface area contributed by atoms with Gasteiger partial charge in [-0.15, -0.1) is 0 Å². The second-order valence-electron chi connectivity index (χ2n) is 3.15. The second-order valence-corrected chi connectivity index (χ2v) is 3.15. The molecule has 0 saturated carbocycles. The number of carbonyl (C=O) groups excluding carboxylic acids is 1. The maximum absolute atomic E-state index is 11.0. The molecule has 0 bridgehead atoms. The Morgan fingerprint density at radius 3 is 2.67 bits per heavy atom. The Hall–Kier alpha value is -0.830. The Labute approximate surface area is 73.6 Å². The predicted molar refractivity (Wildman–Crippen MR) is 48.6 cm³/mol. The third kappa shape index (κ3) is 4.91. The van der Waals surface area contributed by atoms with Crippen molar-refractivity contribution in [3.05, 3.63) is 12.7 Å². The van der Waals surface area contributed by atoms with Crippen LogP contribution >= 0.6 is 0 Å². The van der Waals surface area contributed by atoms with E-state index >= 15 is 0 Å². The molecule has 0 aliphatic rings. The highest BCUT2D eigenvalue weighted by atomic mass is 16.5. The molecular formula is C9H17NO2. The molecule has 0 aromatic rings. The molecule has 0 aliphatic heterocycles.